The summed E-state index contributed by atoms with van der Waals surface area (Å²) >= 11 is 0. The molecule has 0 atom stereocenters. The molecule has 2 aromatic carbocycles. The predicted octanol–water partition coefficient (Wildman–Crippen LogP) is 3.80. The van der Waals surface area contributed by atoms with E-state index in [9.17, 15) is 13.3 Å². The van der Waals surface area contributed by atoms with Gasteiger partial charge in [-0.1, -0.05) is 30.3 Å². The van der Waals surface area contributed by atoms with Crippen LogP contribution in [0.15, 0.2) is 61.1 Å². The molecule has 6 nitrogen and oxygen atoms in total. The zero-order chi connectivity index (χ0) is 22.1. The second-order valence-electron chi connectivity index (χ2n) is 7.87. The monoisotopic (exact) mass is 451 g/mol. The van der Waals surface area contributed by atoms with Crippen molar-refractivity contribution in [2.45, 2.75) is 6.42 Å². The van der Waals surface area contributed by atoms with Crippen molar-refractivity contribution < 1.29 is 13.3 Å². The lowest BCUT2D eigenvalue weighted by atomic mass is 10.0. The molecular weight excluding hydrogens is 431 g/mol. The van der Waals surface area contributed by atoms with Gasteiger partial charge in [0.05, 0.1) is 24.3 Å². The Morgan fingerprint density at radius 3 is 2.50 bits per heavy atom. The Kier molecular flexibility index (Phi) is 5.39. The van der Waals surface area contributed by atoms with Crippen LogP contribution < -0.4 is 10.2 Å². The molecule has 0 amide bonds. The van der Waals surface area contributed by atoms with E-state index in [2.05, 4.69) is 20.2 Å². The van der Waals surface area contributed by atoms with Gasteiger partial charge in [0.25, 0.3) is 0 Å². The highest BCUT2D eigenvalue weighted by Gasteiger charge is 2.33. The van der Waals surface area contributed by atoms with Crippen molar-refractivity contribution in [3.63, 3.8) is 0 Å². The van der Waals surface area contributed by atoms with Crippen molar-refractivity contribution in [1.82, 2.24) is 20.2 Å². The van der Waals surface area contributed by atoms with Gasteiger partial charge in [-0.15, -0.1) is 0 Å². The van der Waals surface area contributed by atoms with E-state index in [1.807, 2.05) is 29.2 Å². The van der Waals surface area contributed by atoms with Gasteiger partial charge in [0, 0.05) is 47.9 Å². The van der Waals surface area contributed by atoms with Gasteiger partial charge < -0.3 is 9.46 Å². The van der Waals surface area contributed by atoms with Gasteiger partial charge in [-0.2, -0.15) is 10.2 Å². The number of fused-ring (bicyclic) bond motifs is 1. The third-order valence-electron chi connectivity index (χ3n) is 5.82. The zero-order valence-electron chi connectivity index (χ0n) is 17.2. The lowest BCUT2D eigenvalue weighted by Crippen LogP contribution is -2.38. The predicted molar refractivity (Wildman–Crippen MR) is 120 cm³/mol. The van der Waals surface area contributed by atoms with E-state index >= 15 is 0 Å². The molecule has 0 spiro atoms. The summed E-state index contributed by atoms with van der Waals surface area (Å²) < 4.78 is 41.6. The van der Waals surface area contributed by atoms with Crippen LogP contribution in [-0.4, -0.2) is 45.6 Å². The molecule has 0 unspecified atom stereocenters. The van der Waals surface area contributed by atoms with Crippen molar-refractivity contribution in [2.24, 2.45) is 0 Å². The quantitative estimate of drug-likeness (QED) is 0.440. The maximum atomic E-state index is 14.8. The van der Waals surface area contributed by atoms with Gasteiger partial charge in [0.1, 0.15) is 13.0 Å². The Balaban J connectivity index is 1.39. The molecule has 1 aliphatic rings. The summed E-state index contributed by atoms with van der Waals surface area (Å²) in [5.74, 6) is -0.569. The summed E-state index contributed by atoms with van der Waals surface area (Å²) in [4.78, 5) is 9.83. The molecule has 9 heteroatoms. The molecule has 0 bridgehead atoms. The molecule has 0 N–H and O–H groups in total. The minimum atomic E-state index is -2.93. The normalized spacial score (nSPS) is 15.8. The Morgan fingerprint density at radius 2 is 1.72 bits per heavy atom. The average Bonchev–Trinajstić information content (AvgIpc) is 2.82. The first-order valence-electron chi connectivity index (χ1n) is 10.3. The number of anilines is 1. The smallest absolute Gasteiger partial charge is 0.225 e. The van der Waals surface area contributed by atoms with Crippen molar-refractivity contribution in [3.05, 3.63) is 83.9 Å². The Labute approximate surface area is 183 Å². The van der Waals surface area contributed by atoms with Crippen LogP contribution in [0, 0.1) is 11.6 Å². The maximum absolute atomic E-state index is 14.8. The molecular formula is C23H20F2N5OP. The first-order valence-corrected chi connectivity index (χ1v) is 12.4. The highest BCUT2D eigenvalue weighted by atomic mass is 31.2. The highest BCUT2D eigenvalue weighted by molar-refractivity contribution is 7.71. The molecule has 2 aromatic heterocycles. The van der Waals surface area contributed by atoms with E-state index in [0.717, 1.165) is 34.4 Å². The first-order chi connectivity index (χ1) is 15.5. The topological polar surface area (TPSA) is 71.9 Å². The fraction of sp³-hybridized carbons (Fsp3) is 0.217. The third-order valence-corrected chi connectivity index (χ3v) is 8.89. The van der Waals surface area contributed by atoms with E-state index in [1.165, 1.54) is 6.07 Å². The number of hydrogen-bond donors (Lipinski definition) is 0. The number of hydrogen-bond acceptors (Lipinski definition) is 6. The molecule has 0 saturated carbocycles. The number of aromatic nitrogens is 4. The number of halogens is 2. The molecule has 1 aliphatic heterocycles. The van der Waals surface area contributed by atoms with Crippen molar-refractivity contribution in [3.8, 4) is 0 Å². The van der Waals surface area contributed by atoms with E-state index in [-0.39, 0.29) is 5.30 Å². The Morgan fingerprint density at radius 1 is 0.969 bits per heavy atom. The molecule has 162 valence electrons. The van der Waals surface area contributed by atoms with E-state index in [4.69, 9.17) is 0 Å². The van der Waals surface area contributed by atoms with Crippen LogP contribution in [0.2, 0.25) is 0 Å². The number of benzene rings is 2. The van der Waals surface area contributed by atoms with Crippen LogP contribution in [-0.2, 0) is 11.0 Å². The summed E-state index contributed by atoms with van der Waals surface area (Å²) in [5.41, 5.74) is 1.63. The van der Waals surface area contributed by atoms with Gasteiger partial charge in [-0.3, -0.25) is 0 Å². The summed E-state index contributed by atoms with van der Waals surface area (Å²) in [7, 11) is -2.93. The fourth-order valence-electron chi connectivity index (χ4n) is 4.09. The van der Waals surface area contributed by atoms with Crippen LogP contribution in [0.4, 0.5) is 14.7 Å². The Hall–Kier alpha value is -3.25. The molecule has 0 radical (unpaired) electrons. The summed E-state index contributed by atoms with van der Waals surface area (Å²) in [6.07, 6.45) is 5.01. The Bertz CT molecular complexity index is 1310. The SMILES string of the molecule is O=P1(c2cc(Cc3nncc4ccccc34)ccc2F)CCN(c2ncc(F)cn2)CC1. The van der Waals surface area contributed by atoms with Gasteiger partial charge in [0.2, 0.25) is 5.95 Å². The van der Waals surface area contributed by atoms with Crippen LogP contribution in [0.5, 0.6) is 0 Å². The zero-order valence-corrected chi connectivity index (χ0v) is 18.1. The molecule has 1 fully saturated rings. The molecule has 4 aromatic rings. The average molecular weight is 451 g/mol. The van der Waals surface area contributed by atoms with Crippen LogP contribution in [0.1, 0.15) is 11.3 Å². The molecule has 32 heavy (non-hydrogen) atoms. The summed E-state index contributed by atoms with van der Waals surface area (Å²) in [6.45, 7) is 0.836. The van der Waals surface area contributed by atoms with Gasteiger partial charge in [-0.05, 0) is 17.7 Å². The minimum Gasteiger partial charge on any atom is -0.340 e. The van der Waals surface area contributed by atoms with Crippen molar-refractivity contribution >= 4 is 29.2 Å². The number of rotatable bonds is 4. The standard InChI is InChI=1S/C23H20F2N5OP/c24-18-14-26-23(27-15-18)30-7-9-32(31,10-8-30)22-12-16(5-6-20(22)25)11-21-19-4-2-1-3-17(19)13-28-29-21/h1-6,12-15H,7-11H2. The molecule has 3 heterocycles. The van der Waals surface area contributed by atoms with Crippen molar-refractivity contribution in [2.75, 3.05) is 30.3 Å². The van der Waals surface area contributed by atoms with Crippen LogP contribution in [0.25, 0.3) is 10.8 Å². The van der Waals surface area contributed by atoms with Crippen LogP contribution in [0.3, 0.4) is 0 Å². The lowest BCUT2D eigenvalue weighted by Gasteiger charge is -2.32. The van der Waals surface area contributed by atoms with Crippen molar-refractivity contribution in [1.29, 1.82) is 0 Å². The van der Waals surface area contributed by atoms with Gasteiger partial charge in [0.15, 0.2) is 5.82 Å². The second-order valence-corrected chi connectivity index (χ2v) is 11.0. The lowest BCUT2D eigenvalue weighted by molar-refractivity contribution is 0.570. The largest absolute Gasteiger partial charge is 0.340 e. The molecule has 1 saturated heterocycles. The molecule has 0 aliphatic carbocycles. The first kappa shape index (κ1) is 20.6. The molecule has 5 rings (SSSR count). The third kappa shape index (κ3) is 3.98. The minimum absolute atomic E-state index is 0.280. The maximum Gasteiger partial charge on any atom is 0.225 e. The van der Waals surface area contributed by atoms with Gasteiger partial charge in [-0.25, -0.2) is 18.7 Å². The van der Waals surface area contributed by atoms with E-state index in [0.29, 0.717) is 37.8 Å². The number of nitrogens with zero attached hydrogens (tertiary/aromatic N) is 5. The fourth-order valence-corrected chi connectivity index (χ4v) is 6.79. The summed E-state index contributed by atoms with van der Waals surface area (Å²) in [5, 5.41) is 10.6. The van der Waals surface area contributed by atoms with Crippen LogP contribution >= 0.6 is 7.14 Å². The van der Waals surface area contributed by atoms with E-state index < -0.39 is 18.8 Å². The second kappa shape index (κ2) is 8.36. The van der Waals surface area contributed by atoms with Gasteiger partial charge >= 0.3 is 0 Å². The summed E-state index contributed by atoms with van der Waals surface area (Å²) in [6, 6.07) is 12.7. The van der Waals surface area contributed by atoms with E-state index in [1.54, 1.807) is 18.3 Å². The highest BCUT2D eigenvalue weighted by Crippen LogP contribution is 2.47.